The Balaban J connectivity index is 1.33. The summed E-state index contributed by atoms with van der Waals surface area (Å²) < 4.78 is 7.05. The van der Waals surface area contributed by atoms with Crippen molar-refractivity contribution in [2.45, 2.75) is 38.1 Å². The molecular formula is C24H28N6O3. The van der Waals surface area contributed by atoms with Crippen LogP contribution in [0.15, 0.2) is 36.7 Å². The van der Waals surface area contributed by atoms with Gasteiger partial charge in [-0.25, -0.2) is 14.6 Å². The highest BCUT2D eigenvalue weighted by atomic mass is 16.5. The Bertz CT molecular complexity index is 1170. The summed E-state index contributed by atoms with van der Waals surface area (Å²) in [6.45, 7) is 2.41. The first kappa shape index (κ1) is 21.4. The van der Waals surface area contributed by atoms with Gasteiger partial charge < -0.3 is 15.0 Å². The monoisotopic (exact) mass is 448 g/mol. The Hall–Kier alpha value is -3.49. The molecule has 1 aliphatic heterocycles. The Morgan fingerprint density at radius 1 is 1.18 bits per heavy atom. The predicted molar refractivity (Wildman–Crippen MR) is 122 cm³/mol. The van der Waals surface area contributed by atoms with E-state index >= 15 is 0 Å². The summed E-state index contributed by atoms with van der Waals surface area (Å²) in [4.78, 5) is 35.6. The lowest BCUT2D eigenvalue weighted by atomic mass is 9.93. The standard InChI is InChI=1S/C24H28N6O3/c1-33-20-14-17(8-10-25-20)24(32)29-12-3-4-18(15-29)21-19-5-2-9-26-22(19)30(28-21)13-11-27-23(31)16-6-7-16/h2,5,8-10,14,16,18H,3-4,6-7,11-13,15H2,1H3,(H,27,31). The topological polar surface area (TPSA) is 102 Å². The van der Waals surface area contributed by atoms with Crippen LogP contribution in [0.5, 0.6) is 5.88 Å². The zero-order chi connectivity index (χ0) is 22.8. The minimum atomic E-state index is -0.0231. The number of carbonyl (C=O) groups excluding carboxylic acids is 2. The summed E-state index contributed by atoms with van der Waals surface area (Å²) in [5, 5.41) is 8.91. The molecular weight excluding hydrogens is 420 g/mol. The molecule has 33 heavy (non-hydrogen) atoms. The van der Waals surface area contributed by atoms with Crippen LogP contribution < -0.4 is 10.1 Å². The third kappa shape index (κ3) is 4.53. The number of piperidine rings is 1. The van der Waals surface area contributed by atoms with E-state index in [1.807, 2.05) is 21.7 Å². The van der Waals surface area contributed by atoms with Crippen LogP contribution >= 0.6 is 0 Å². The van der Waals surface area contributed by atoms with Crippen molar-refractivity contribution in [3.05, 3.63) is 47.9 Å². The summed E-state index contributed by atoms with van der Waals surface area (Å²) in [6.07, 6.45) is 7.21. The van der Waals surface area contributed by atoms with E-state index in [9.17, 15) is 9.59 Å². The number of fused-ring (bicyclic) bond motifs is 1. The van der Waals surface area contributed by atoms with Crippen molar-refractivity contribution in [3.8, 4) is 5.88 Å². The first-order valence-corrected chi connectivity index (χ1v) is 11.5. The lowest BCUT2D eigenvalue weighted by Crippen LogP contribution is -2.39. The fraction of sp³-hybridized carbons (Fsp3) is 0.458. The second-order valence-electron chi connectivity index (χ2n) is 8.73. The minimum Gasteiger partial charge on any atom is -0.481 e. The molecule has 2 aliphatic rings. The number of amides is 2. The number of nitrogens with zero attached hydrogens (tertiary/aromatic N) is 5. The Labute approximate surface area is 192 Å². The van der Waals surface area contributed by atoms with Crippen LogP contribution in [0.3, 0.4) is 0 Å². The third-order valence-electron chi connectivity index (χ3n) is 6.39. The van der Waals surface area contributed by atoms with Gasteiger partial charge in [-0.2, -0.15) is 5.10 Å². The zero-order valence-electron chi connectivity index (χ0n) is 18.7. The molecule has 9 heteroatoms. The molecule has 1 unspecified atom stereocenters. The SMILES string of the molecule is COc1cc(C(=O)N2CCCC(c3nn(CCNC(=O)C4CC4)c4ncccc34)C2)ccn1. The van der Waals surface area contributed by atoms with Gasteiger partial charge in [0.2, 0.25) is 11.8 Å². The molecule has 1 atom stereocenters. The Kier molecular flexibility index (Phi) is 5.93. The highest BCUT2D eigenvalue weighted by molar-refractivity contribution is 5.94. The summed E-state index contributed by atoms with van der Waals surface area (Å²) in [5.74, 6) is 0.859. The molecule has 4 heterocycles. The molecule has 0 bridgehead atoms. The smallest absolute Gasteiger partial charge is 0.254 e. The fourth-order valence-electron chi connectivity index (χ4n) is 4.49. The Morgan fingerprint density at radius 3 is 2.88 bits per heavy atom. The number of likely N-dealkylation sites (tertiary alicyclic amines) is 1. The van der Waals surface area contributed by atoms with Crippen LogP contribution in [-0.4, -0.2) is 63.2 Å². The molecule has 1 aliphatic carbocycles. The average molecular weight is 449 g/mol. The molecule has 172 valence electrons. The van der Waals surface area contributed by atoms with Crippen molar-refractivity contribution in [1.82, 2.24) is 30.0 Å². The van der Waals surface area contributed by atoms with Gasteiger partial charge in [-0.05, 0) is 43.9 Å². The molecule has 3 aromatic rings. The first-order valence-electron chi connectivity index (χ1n) is 11.5. The lowest BCUT2D eigenvalue weighted by Gasteiger charge is -2.32. The van der Waals surface area contributed by atoms with Gasteiger partial charge in [-0.1, -0.05) is 0 Å². The number of hydrogen-bond donors (Lipinski definition) is 1. The molecule has 0 radical (unpaired) electrons. The highest BCUT2D eigenvalue weighted by Gasteiger charge is 2.30. The highest BCUT2D eigenvalue weighted by Crippen LogP contribution is 2.32. The van der Waals surface area contributed by atoms with Gasteiger partial charge in [0.05, 0.1) is 19.3 Å². The quantitative estimate of drug-likeness (QED) is 0.595. The molecule has 2 amide bonds. The molecule has 0 spiro atoms. The fourth-order valence-corrected chi connectivity index (χ4v) is 4.49. The maximum atomic E-state index is 13.1. The van der Waals surface area contributed by atoms with Crippen molar-refractivity contribution in [3.63, 3.8) is 0 Å². The van der Waals surface area contributed by atoms with Crippen LogP contribution in [0.1, 0.15) is 47.7 Å². The molecule has 1 saturated carbocycles. The lowest BCUT2D eigenvalue weighted by molar-refractivity contribution is -0.122. The van der Waals surface area contributed by atoms with E-state index in [1.54, 1.807) is 31.6 Å². The number of rotatable bonds is 7. The van der Waals surface area contributed by atoms with Crippen LogP contribution in [-0.2, 0) is 11.3 Å². The number of methoxy groups -OCH3 is 1. The molecule has 2 fully saturated rings. The van der Waals surface area contributed by atoms with Crippen LogP contribution in [0.4, 0.5) is 0 Å². The van der Waals surface area contributed by atoms with Crippen molar-refractivity contribution in [1.29, 1.82) is 0 Å². The van der Waals surface area contributed by atoms with E-state index in [4.69, 9.17) is 9.84 Å². The molecule has 0 aromatic carbocycles. The van der Waals surface area contributed by atoms with Crippen molar-refractivity contribution in [2.75, 3.05) is 26.7 Å². The van der Waals surface area contributed by atoms with Crippen LogP contribution in [0.25, 0.3) is 11.0 Å². The van der Waals surface area contributed by atoms with Crippen LogP contribution in [0.2, 0.25) is 0 Å². The molecule has 1 saturated heterocycles. The second-order valence-corrected chi connectivity index (χ2v) is 8.73. The number of nitrogens with one attached hydrogen (secondary N) is 1. The molecule has 5 rings (SSSR count). The maximum Gasteiger partial charge on any atom is 0.254 e. The number of carbonyl (C=O) groups is 2. The molecule has 1 N–H and O–H groups in total. The first-order chi connectivity index (χ1) is 16.1. The second kappa shape index (κ2) is 9.17. The summed E-state index contributed by atoms with van der Waals surface area (Å²) in [7, 11) is 1.54. The van der Waals surface area contributed by atoms with Gasteiger partial charge in [0.15, 0.2) is 5.65 Å². The van der Waals surface area contributed by atoms with Crippen molar-refractivity contribution >= 4 is 22.8 Å². The van der Waals surface area contributed by atoms with Gasteiger partial charge in [0, 0.05) is 60.9 Å². The van der Waals surface area contributed by atoms with Gasteiger partial charge >= 0.3 is 0 Å². The average Bonchev–Trinajstić information content (AvgIpc) is 3.66. The maximum absolute atomic E-state index is 13.1. The van der Waals surface area contributed by atoms with E-state index in [-0.39, 0.29) is 23.7 Å². The van der Waals surface area contributed by atoms with Crippen molar-refractivity contribution < 1.29 is 14.3 Å². The Morgan fingerprint density at radius 2 is 2.06 bits per heavy atom. The van der Waals surface area contributed by atoms with E-state index in [0.717, 1.165) is 42.4 Å². The van der Waals surface area contributed by atoms with Gasteiger partial charge in [-0.3, -0.25) is 9.59 Å². The molecule has 3 aromatic heterocycles. The largest absolute Gasteiger partial charge is 0.481 e. The molecule has 9 nitrogen and oxygen atoms in total. The minimum absolute atomic E-state index is 0.0231. The summed E-state index contributed by atoms with van der Waals surface area (Å²) in [6, 6.07) is 7.36. The summed E-state index contributed by atoms with van der Waals surface area (Å²) in [5.41, 5.74) is 2.36. The predicted octanol–water partition coefficient (Wildman–Crippen LogP) is 2.38. The number of hydrogen-bond acceptors (Lipinski definition) is 6. The van der Waals surface area contributed by atoms with Gasteiger partial charge in [0.25, 0.3) is 5.91 Å². The normalized spacial score (nSPS) is 18.3. The number of aromatic nitrogens is 4. The zero-order valence-corrected chi connectivity index (χ0v) is 18.7. The number of pyridine rings is 2. The van der Waals surface area contributed by atoms with E-state index in [1.165, 1.54) is 0 Å². The van der Waals surface area contributed by atoms with E-state index < -0.39 is 0 Å². The van der Waals surface area contributed by atoms with Crippen LogP contribution in [0, 0.1) is 5.92 Å². The van der Waals surface area contributed by atoms with E-state index in [2.05, 4.69) is 15.3 Å². The number of ether oxygens (including phenoxy) is 1. The van der Waals surface area contributed by atoms with E-state index in [0.29, 0.717) is 37.6 Å². The van der Waals surface area contributed by atoms with Crippen molar-refractivity contribution in [2.24, 2.45) is 5.92 Å². The van der Waals surface area contributed by atoms with Gasteiger partial charge in [-0.15, -0.1) is 0 Å². The third-order valence-corrected chi connectivity index (χ3v) is 6.39. The summed E-state index contributed by atoms with van der Waals surface area (Å²) >= 11 is 0. The van der Waals surface area contributed by atoms with Gasteiger partial charge in [0.1, 0.15) is 0 Å².